The first-order chi connectivity index (χ1) is 11.6. The van der Waals surface area contributed by atoms with Crippen LogP contribution in [-0.4, -0.2) is 10.9 Å². The number of aryl methyl sites for hydroxylation is 2. The Morgan fingerprint density at radius 2 is 2.04 bits per heavy atom. The number of nitrogens with zero attached hydrogens (tertiary/aromatic N) is 1. The maximum atomic E-state index is 12.2. The summed E-state index contributed by atoms with van der Waals surface area (Å²) in [6.07, 6.45) is 1.68. The average Bonchev–Trinajstić information content (AvgIpc) is 2.92. The Labute approximate surface area is 140 Å². The van der Waals surface area contributed by atoms with Crippen LogP contribution in [0.5, 0.6) is 11.6 Å². The smallest absolute Gasteiger partial charge is 0.255 e. The Morgan fingerprint density at radius 1 is 1.17 bits per heavy atom. The molecule has 122 valence electrons. The molecule has 3 rings (SSSR count). The van der Waals surface area contributed by atoms with Gasteiger partial charge in [0.1, 0.15) is 17.3 Å². The highest BCUT2D eigenvalue weighted by Gasteiger charge is 2.13. The quantitative estimate of drug-likeness (QED) is 0.771. The fraction of sp³-hybridized carbons (Fsp3) is 0.158. The predicted molar refractivity (Wildman–Crippen MR) is 90.1 cm³/mol. The Morgan fingerprint density at radius 3 is 2.75 bits per heavy atom. The molecule has 2 heterocycles. The van der Waals surface area contributed by atoms with Crippen molar-refractivity contribution in [3.63, 3.8) is 0 Å². The van der Waals surface area contributed by atoms with E-state index in [-0.39, 0.29) is 5.91 Å². The first-order valence-electron chi connectivity index (χ1n) is 7.65. The second-order valence-corrected chi connectivity index (χ2v) is 5.43. The van der Waals surface area contributed by atoms with E-state index >= 15 is 0 Å². The number of carbonyl (C=O) groups excluding carboxylic acids is 1. The number of nitrogens with one attached hydrogen (secondary N) is 1. The molecular weight excluding hydrogens is 304 g/mol. The van der Waals surface area contributed by atoms with Crippen LogP contribution < -0.4 is 10.1 Å². The Balaban J connectivity index is 1.64. The van der Waals surface area contributed by atoms with Crippen molar-refractivity contribution in [1.82, 2.24) is 10.3 Å². The summed E-state index contributed by atoms with van der Waals surface area (Å²) in [6.45, 7) is 4.01. The lowest BCUT2D eigenvalue weighted by Gasteiger charge is -2.08. The third kappa shape index (κ3) is 3.81. The summed E-state index contributed by atoms with van der Waals surface area (Å²) < 4.78 is 11.1. The summed E-state index contributed by atoms with van der Waals surface area (Å²) >= 11 is 0. The fourth-order valence-corrected chi connectivity index (χ4v) is 2.38. The molecule has 2 aromatic heterocycles. The number of hydrogen-bond donors (Lipinski definition) is 1. The SMILES string of the molecule is Cc1cc(C(=O)NCc2cccc(Oc3ccccn3)c2)c(C)o1. The van der Waals surface area contributed by atoms with Crippen LogP contribution in [0.1, 0.15) is 27.4 Å². The summed E-state index contributed by atoms with van der Waals surface area (Å²) in [6, 6.07) is 14.8. The van der Waals surface area contributed by atoms with Crippen molar-refractivity contribution in [1.29, 1.82) is 0 Å². The molecule has 0 aliphatic heterocycles. The van der Waals surface area contributed by atoms with Crippen molar-refractivity contribution in [2.45, 2.75) is 20.4 Å². The number of benzene rings is 1. The topological polar surface area (TPSA) is 64.4 Å². The fourth-order valence-electron chi connectivity index (χ4n) is 2.38. The van der Waals surface area contributed by atoms with Crippen molar-refractivity contribution in [2.24, 2.45) is 0 Å². The molecule has 0 aliphatic rings. The second-order valence-electron chi connectivity index (χ2n) is 5.43. The van der Waals surface area contributed by atoms with Crippen molar-refractivity contribution in [3.05, 3.63) is 77.4 Å². The van der Waals surface area contributed by atoms with Crippen LogP contribution in [0.2, 0.25) is 0 Å². The highest BCUT2D eigenvalue weighted by molar-refractivity contribution is 5.95. The minimum absolute atomic E-state index is 0.152. The molecule has 1 aromatic carbocycles. The molecule has 5 nitrogen and oxygen atoms in total. The van der Waals surface area contributed by atoms with Crippen LogP contribution >= 0.6 is 0 Å². The highest BCUT2D eigenvalue weighted by atomic mass is 16.5. The highest BCUT2D eigenvalue weighted by Crippen LogP contribution is 2.20. The molecule has 0 unspecified atom stereocenters. The van der Waals surface area contributed by atoms with Crippen molar-refractivity contribution >= 4 is 5.91 Å². The second kappa shape index (κ2) is 7.00. The van der Waals surface area contributed by atoms with Gasteiger partial charge in [-0.1, -0.05) is 18.2 Å². The molecule has 0 atom stereocenters. The number of pyridine rings is 1. The summed E-state index contributed by atoms with van der Waals surface area (Å²) in [4.78, 5) is 16.3. The third-order valence-corrected chi connectivity index (χ3v) is 3.50. The van der Waals surface area contributed by atoms with E-state index in [1.807, 2.05) is 43.3 Å². The van der Waals surface area contributed by atoms with Gasteiger partial charge < -0.3 is 14.5 Å². The van der Waals surface area contributed by atoms with E-state index in [0.717, 1.165) is 11.3 Å². The molecular formula is C19H18N2O3. The van der Waals surface area contributed by atoms with Crippen LogP contribution in [-0.2, 0) is 6.54 Å². The van der Waals surface area contributed by atoms with Crippen LogP contribution in [0, 0.1) is 13.8 Å². The molecule has 1 N–H and O–H groups in total. The molecule has 0 aliphatic carbocycles. The Kier molecular flexibility index (Phi) is 4.61. The molecule has 0 bridgehead atoms. The van der Waals surface area contributed by atoms with E-state index in [0.29, 0.717) is 29.5 Å². The number of ether oxygens (including phenoxy) is 1. The zero-order chi connectivity index (χ0) is 16.9. The van der Waals surface area contributed by atoms with Crippen LogP contribution in [0.15, 0.2) is 59.1 Å². The van der Waals surface area contributed by atoms with E-state index in [9.17, 15) is 4.79 Å². The van der Waals surface area contributed by atoms with Crippen LogP contribution in [0.25, 0.3) is 0 Å². The number of rotatable bonds is 5. The number of aromatic nitrogens is 1. The lowest BCUT2D eigenvalue weighted by molar-refractivity contribution is 0.0949. The summed E-state index contributed by atoms with van der Waals surface area (Å²) in [5, 5.41) is 2.89. The molecule has 24 heavy (non-hydrogen) atoms. The minimum atomic E-state index is -0.152. The Hall–Kier alpha value is -3.08. The van der Waals surface area contributed by atoms with E-state index in [2.05, 4.69) is 10.3 Å². The number of furan rings is 1. The third-order valence-electron chi connectivity index (χ3n) is 3.50. The van der Waals surface area contributed by atoms with Gasteiger partial charge in [-0.2, -0.15) is 0 Å². The lowest BCUT2D eigenvalue weighted by Crippen LogP contribution is -2.22. The lowest BCUT2D eigenvalue weighted by atomic mass is 10.2. The van der Waals surface area contributed by atoms with Crippen LogP contribution in [0.4, 0.5) is 0 Å². The van der Waals surface area contributed by atoms with Crippen molar-refractivity contribution < 1.29 is 13.9 Å². The van der Waals surface area contributed by atoms with Gasteiger partial charge in [-0.05, 0) is 43.7 Å². The van der Waals surface area contributed by atoms with Gasteiger partial charge in [0, 0.05) is 18.8 Å². The van der Waals surface area contributed by atoms with Gasteiger partial charge in [0.05, 0.1) is 5.56 Å². The summed E-state index contributed by atoms with van der Waals surface area (Å²) in [5.74, 6) is 2.40. The van der Waals surface area contributed by atoms with Gasteiger partial charge in [-0.3, -0.25) is 4.79 Å². The molecule has 0 spiro atoms. The number of carbonyl (C=O) groups is 1. The zero-order valence-corrected chi connectivity index (χ0v) is 13.6. The standard InChI is InChI=1S/C19H18N2O3/c1-13-10-17(14(2)23-13)19(22)21-12-15-6-5-7-16(11-15)24-18-8-3-4-9-20-18/h3-11H,12H2,1-2H3,(H,21,22). The van der Waals surface area contributed by atoms with Gasteiger partial charge in [-0.25, -0.2) is 4.98 Å². The molecule has 0 saturated carbocycles. The van der Waals surface area contributed by atoms with Crippen molar-refractivity contribution in [2.75, 3.05) is 0 Å². The maximum absolute atomic E-state index is 12.2. The maximum Gasteiger partial charge on any atom is 0.255 e. The normalized spacial score (nSPS) is 10.4. The van der Waals surface area contributed by atoms with Gasteiger partial charge in [0.2, 0.25) is 5.88 Å². The van der Waals surface area contributed by atoms with Gasteiger partial charge in [0.25, 0.3) is 5.91 Å². The molecule has 0 saturated heterocycles. The van der Waals surface area contributed by atoms with Gasteiger partial charge >= 0.3 is 0 Å². The Bertz CT molecular complexity index is 841. The van der Waals surface area contributed by atoms with E-state index in [4.69, 9.17) is 9.15 Å². The largest absolute Gasteiger partial charge is 0.466 e. The monoisotopic (exact) mass is 322 g/mol. The first-order valence-corrected chi connectivity index (χ1v) is 7.65. The summed E-state index contributed by atoms with van der Waals surface area (Å²) in [5.41, 5.74) is 1.50. The molecule has 0 radical (unpaired) electrons. The molecule has 1 amide bonds. The molecule has 0 fully saturated rings. The predicted octanol–water partition coefficient (Wildman–Crippen LogP) is 4.01. The first kappa shape index (κ1) is 15.8. The number of amides is 1. The van der Waals surface area contributed by atoms with Crippen molar-refractivity contribution in [3.8, 4) is 11.6 Å². The summed E-state index contributed by atoms with van der Waals surface area (Å²) in [7, 11) is 0. The van der Waals surface area contributed by atoms with E-state index in [1.54, 1.807) is 25.3 Å². The molecule has 3 aromatic rings. The number of hydrogen-bond acceptors (Lipinski definition) is 4. The van der Waals surface area contributed by atoms with Crippen LogP contribution in [0.3, 0.4) is 0 Å². The van der Waals surface area contributed by atoms with Gasteiger partial charge in [0.15, 0.2) is 0 Å². The van der Waals surface area contributed by atoms with E-state index in [1.165, 1.54) is 0 Å². The zero-order valence-electron chi connectivity index (χ0n) is 13.6. The average molecular weight is 322 g/mol. The minimum Gasteiger partial charge on any atom is -0.466 e. The van der Waals surface area contributed by atoms with E-state index < -0.39 is 0 Å². The molecule has 5 heteroatoms. The van der Waals surface area contributed by atoms with Gasteiger partial charge in [-0.15, -0.1) is 0 Å².